The molecule has 1 amide bonds. The van der Waals surface area contributed by atoms with Crippen LogP contribution in [0.5, 0.6) is 0 Å². The van der Waals surface area contributed by atoms with E-state index < -0.39 is 0 Å². The second kappa shape index (κ2) is 3.78. The Hall–Kier alpha value is -0.180. The largest absolute Gasteiger partial charge is 0.300 e. The Morgan fingerprint density at radius 3 is 2.25 bits per heavy atom. The van der Waals surface area contributed by atoms with Gasteiger partial charge in [0.2, 0.25) is 5.91 Å². The highest BCUT2D eigenvalue weighted by atomic mass is 32.2. The van der Waals surface area contributed by atoms with Gasteiger partial charge in [0.1, 0.15) is 0 Å². The standard InChI is InChI=1S/C5H11NOS/c1-4(2)8-6-5(3)7/h4H,1-3H3,(H,6,7). The first-order valence-corrected chi connectivity index (χ1v) is 3.43. The summed E-state index contributed by atoms with van der Waals surface area (Å²) in [6.07, 6.45) is 0. The fourth-order valence-electron chi connectivity index (χ4n) is 0.201. The summed E-state index contributed by atoms with van der Waals surface area (Å²) in [5.41, 5.74) is 0. The van der Waals surface area contributed by atoms with Gasteiger partial charge in [-0.25, -0.2) is 0 Å². The molecule has 3 heteroatoms. The third-order valence-corrected chi connectivity index (χ3v) is 1.32. The number of nitrogens with one attached hydrogen (secondary N) is 1. The molecule has 0 unspecified atom stereocenters. The van der Waals surface area contributed by atoms with Gasteiger partial charge in [0.15, 0.2) is 0 Å². The van der Waals surface area contributed by atoms with Gasteiger partial charge in [-0.3, -0.25) is 4.79 Å². The summed E-state index contributed by atoms with van der Waals surface area (Å²) in [5.74, 6) is 0.0173. The number of amides is 1. The smallest absolute Gasteiger partial charge is 0.226 e. The Morgan fingerprint density at radius 2 is 2.12 bits per heavy atom. The molecule has 0 aliphatic rings. The van der Waals surface area contributed by atoms with Crippen LogP contribution in [0.3, 0.4) is 0 Å². The van der Waals surface area contributed by atoms with Crippen molar-refractivity contribution in [3.8, 4) is 0 Å². The number of hydrogen-bond acceptors (Lipinski definition) is 2. The molecule has 0 aliphatic carbocycles. The molecule has 2 nitrogen and oxygen atoms in total. The van der Waals surface area contributed by atoms with Crippen LogP contribution in [0.2, 0.25) is 0 Å². The first-order valence-electron chi connectivity index (χ1n) is 2.55. The number of carbonyl (C=O) groups is 1. The van der Waals surface area contributed by atoms with E-state index in [-0.39, 0.29) is 5.91 Å². The average Bonchev–Trinajstić information content (AvgIpc) is 1.61. The zero-order valence-electron chi connectivity index (χ0n) is 5.39. The molecule has 0 heterocycles. The Balaban J connectivity index is 3.05. The molecule has 0 bridgehead atoms. The van der Waals surface area contributed by atoms with Crippen LogP contribution >= 0.6 is 11.9 Å². The summed E-state index contributed by atoms with van der Waals surface area (Å²) < 4.78 is 2.62. The molecule has 8 heavy (non-hydrogen) atoms. The number of carbonyl (C=O) groups excluding carboxylic acids is 1. The van der Waals surface area contributed by atoms with E-state index in [1.165, 1.54) is 18.9 Å². The summed E-state index contributed by atoms with van der Waals surface area (Å²) in [7, 11) is 0. The monoisotopic (exact) mass is 133 g/mol. The molecule has 0 aromatic rings. The van der Waals surface area contributed by atoms with Gasteiger partial charge in [0, 0.05) is 12.2 Å². The lowest BCUT2D eigenvalue weighted by molar-refractivity contribution is -0.117. The average molecular weight is 133 g/mol. The molecule has 0 spiro atoms. The molecule has 0 aromatic heterocycles. The number of rotatable bonds is 2. The van der Waals surface area contributed by atoms with Crippen molar-refractivity contribution in [3.63, 3.8) is 0 Å². The summed E-state index contributed by atoms with van der Waals surface area (Å²) >= 11 is 1.44. The van der Waals surface area contributed by atoms with Crippen molar-refractivity contribution in [1.82, 2.24) is 4.72 Å². The van der Waals surface area contributed by atoms with E-state index in [9.17, 15) is 4.79 Å². The van der Waals surface area contributed by atoms with Gasteiger partial charge < -0.3 is 4.72 Å². The van der Waals surface area contributed by atoms with Crippen molar-refractivity contribution in [1.29, 1.82) is 0 Å². The summed E-state index contributed by atoms with van der Waals surface area (Å²) in [6.45, 7) is 5.57. The van der Waals surface area contributed by atoms with Crippen molar-refractivity contribution in [2.45, 2.75) is 26.0 Å². The summed E-state index contributed by atoms with van der Waals surface area (Å²) in [5, 5.41) is 0.471. The van der Waals surface area contributed by atoms with Gasteiger partial charge in [-0.15, -0.1) is 0 Å². The van der Waals surface area contributed by atoms with Crippen LogP contribution in [0.4, 0.5) is 0 Å². The maximum Gasteiger partial charge on any atom is 0.226 e. The minimum Gasteiger partial charge on any atom is -0.300 e. The quantitative estimate of drug-likeness (QED) is 0.573. The van der Waals surface area contributed by atoms with Crippen LogP contribution in [-0.4, -0.2) is 11.2 Å². The number of hydrogen-bond donors (Lipinski definition) is 1. The highest BCUT2D eigenvalue weighted by Gasteiger charge is 1.93. The molecule has 48 valence electrons. The Bertz CT molecular complexity index is 82.5. The molecule has 0 saturated carbocycles. The van der Waals surface area contributed by atoms with Crippen molar-refractivity contribution >= 4 is 17.9 Å². The van der Waals surface area contributed by atoms with Crippen molar-refractivity contribution in [3.05, 3.63) is 0 Å². The summed E-state index contributed by atoms with van der Waals surface area (Å²) in [4.78, 5) is 10.2. The zero-order chi connectivity index (χ0) is 6.57. The molecule has 0 radical (unpaired) electrons. The molecule has 0 atom stereocenters. The second-order valence-corrected chi connectivity index (χ2v) is 3.21. The third kappa shape index (κ3) is 5.82. The van der Waals surface area contributed by atoms with Crippen LogP contribution in [0.1, 0.15) is 20.8 Å². The molecule has 0 aromatic carbocycles. The molecule has 1 N–H and O–H groups in total. The Labute approximate surface area is 54.2 Å². The van der Waals surface area contributed by atoms with Crippen LogP contribution in [-0.2, 0) is 4.79 Å². The van der Waals surface area contributed by atoms with Gasteiger partial charge in [0.25, 0.3) is 0 Å². The van der Waals surface area contributed by atoms with Crippen LogP contribution < -0.4 is 4.72 Å². The van der Waals surface area contributed by atoms with Gasteiger partial charge in [-0.05, 0) is 11.9 Å². The highest BCUT2D eigenvalue weighted by molar-refractivity contribution is 7.98. The lowest BCUT2D eigenvalue weighted by Crippen LogP contribution is -2.13. The highest BCUT2D eigenvalue weighted by Crippen LogP contribution is 2.01. The van der Waals surface area contributed by atoms with E-state index in [0.29, 0.717) is 5.25 Å². The van der Waals surface area contributed by atoms with E-state index >= 15 is 0 Å². The molecule has 0 fully saturated rings. The molecular weight excluding hydrogens is 122 g/mol. The lowest BCUT2D eigenvalue weighted by Gasteiger charge is -2.01. The molecule has 0 aliphatic heterocycles. The Kier molecular flexibility index (Phi) is 3.69. The van der Waals surface area contributed by atoms with Crippen LogP contribution in [0.25, 0.3) is 0 Å². The van der Waals surface area contributed by atoms with Gasteiger partial charge in [0.05, 0.1) is 0 Å². The third-order valence-electron chi connectivity index (χ3n) is 0.438. The van der Waals surface area contributed by atoms with E-state index in [1.807, 2.05) is 13.8 Å². The van der Waals surface area contributed by atoms with Crippen molar-refractivity contribution in [2.24, 2.45) is 0 Å². The second-order valence-electron chi connectivity index (χ2n) is 1.82. The predicted molar refractivity (Wildman–Crippen MR) is 36.5 cm³/mol. The van der Waals surface area contributed by atoms with E-state index in [2.05, 4.69) is 4.72 Å². The first-order chi connectivity index (χ1) is 3.63. The Morgan fingerprint density at radius 1 is 1.62 bits per heavy atom. The SMILES string of the molecule is CC(=O)NSC(C)C. The maximum atomic E-state index is 10.2. The van der Waals surface area contributed by atoms with Gasteiger partial charge in [-0.2, -0.15) is 0 Å². The maximum absolute atomic E-state index is 10.2. The fraction of sp³-hybridized carbons (Fsp3) is 0.800. The predicted octanol–water partition coefficient (Wildman–Crippen LogP) is 1.18. The van der Waals surface area contributed by atoms with Crippen molar-refractivity contribution < 1.29 is 4.79 Å². The molecule has 0 saturated heterocycles. The first kappa shape index (κ1) is 7.82. The van der Waals surface area contributed by atoms with Gasteiger partial charge >= 0.3 is 0 Å². The molecule has 0 rings (SSSR count). The minimum atomic E-state index is 0.0173. The van der Waals surface area contributed by atoms with E-state index in [4.69, 9.17) is 0 Å². The molecular formula is C5H11NOS. The zero-order valence-corrected chi connectivity index (χ0v) is 6.21. The van der Waals surface area contributed by atoms with Crippen molar-refractivity contribution in [2.75, 3.05) is 0 Å². The lowest BCUT2D eigenvalue weighted by atomic mass is 10.6. The fourth-order valence-corrected chi connectivity index (χ4v) is 0.602. The van der Waals surface area contributed by atoms with E-state index in [1.54, 1.807) is 0 Å². The normalized spacial score (nSPS) is 9.50. The van der Waals surface area contributed by atoms with E-state index in [0.717, 1.165) is 0 Å². The van der Waals surface area contributed by atoms with Crippen LogP contribution in [0.15, 0.2) is 0 Å². The van der Waals surface area contributed by atoms with Gasteiger partial charge in [-0.1, -0.05) is 13.8 Å². The summed E-state index contributed by atoms with van der Waals surface area (Å²) in [6, 6.07) is 0. The topological polar surface area (TPSA) is 29.1 Å². The van der Waals surface area contributed by atoms with Crippen LogP contribution in [0, 0.1) is 0 Å². The minimum absolute atomic E-state index is 0.0173.